The van der Waals surface area contributed by atoms with E-state index in [0.29, 0.717) is 19.6 Å². The second-order valence-electron chi connectivity index (χ2n) is 7.75. The topological polar surface area (TPSA) is 55.9 Å². The van der Waals surface area contributed by atoms with Gasteiger partial charge in [-0.05, 0) is 47.4 Å². The molecule has 0 unspecified atom stereocenters. The van der Waals surface area contributed by atoms with E-state index in [1.807, 2.05) is 44.5 Å². The molecule has 1 aromatic carbocycles. The highest BCUT2D eigenvalue weighted by molar-refractivity contribution is 7.07. The molecule has 1 saturated heterocycles. The molecule has 1 aliphatic rings. The first-order valence-electron chi connectivity index (χ1n) is 9.98. The van der Waals surface area contributed by atoms with Gasteiger partial charge in [-0.25, -0.2) is 0 Å². The van der Waals surface area contributed by atoms with Crippen LogP contribution in [0.5, 0.6) is 0 Å². The molecular weight excluding hydrogens is 384 g/mol. The third-order valence-electron chi connectivity index (χ3n) is 5.36. The molecule has 6 nitrogen and oxygen atoms in total. The lowest BCUT2D eigenvalue weighted by Gasteiger charge is -2.34. The highest BCUT2D eigenvalue weighted by Crippen LogP contribution is 2.19. The van der Waals surface area contributed by atoms with E-state index in [0.717, 1.165) is 43.0 Å². The fourth-order valence-electron chi connectivity index (χ4n) is 3.56. The molecule has 1 aliphatic heterocycles. The smallest absolute Gasteiger partial charge is 0.238 e. The number of thiophene rings is 1. The summed E-state index contributed by atoms with van der Waals surface area (Å²) in [5.41, 5.74) is 4.24. The number of aryl methyl sites for hydroxylation is 2. The van der Waals surface area contributed by atoms with Crippen molar-refractivity contribution in [1.29, 1.82) is 0 Å². The van der Waals surface area contributed by atoms with Crippen LogP contribution < -0.4 is 5.32 Å². The number of amides is 2. The highest BCUT2D eigenvalue weighted by atomic mass is 32.1. The number of rotatable bonds is 7. The summed E-state index contributed by atoms with van der Waals surface area (Å²) < 4.78 is 0. The van der Waals surface area contributed by atoms with Crippen LogP contribution in [-0.4, -0.2) is 72.8 Å². The number of hydrogen-bond donors (Lipinski definition) is 1. The molecule has 7 heteroatoms. The van der Waals surface area contributed by atoms with Crippen molar-refractivity contribution in [3.05, 3.63) is 51.7 Å². The first kappa shape index (κ1) is 21.5. The molecule has 0 saturated carbocycles. The standard InChI is InChI=1S/C22H30N4O2S/c1-17-5-4-6-18(2)22(17)23-20(27)14-25-8-10-26(11-9-25)15-21(28)24(3)13-19-7-12-29-16-19/h4-7,12,16H,8-11,13-15H2,1-3H3,(H,23,27). The van der Waals surface area contributed by atoms with Crippen molar-refractivity contribution in [2.45, 2.75) is 20.4 Å². The summed E-state index contributed by atoms with van der Waals surface area (Å²) in [4.78, 5) is 31.0. The Morgan fingerprint density at radius 3 is 2.24 bits per heavy atom. The molecule has 0 bridgehead atoms. The van der Waals surface area contributed by atoms with E-state index in [1.54, 1.807) is 16.2 Å². The van der Waals surface area contributed by atoms with Crippen LogP contribution >= 0.6 is 11.3 Å². The summed E-state index contributed by atoms with van der Waals surface area (Å²) in [6, 6.07) is 8.07. The number of nitrogens with zero attached hydrogens (tertiary/aromatic N) is 3. The molecular formula is C22H30N4O2S. The van der Waals surface area contributed by atoms with Crippen LogP contribution in [0.1, 0.15) is 16.7 Å². The average Bonchev–Trinajstić information content (AvgIpc) is 3.19. The zero-order valence-electron chi connectivity index (χ0n) is 17.5. The number of para-hydroxylation sites is 1. The highest BCUT2D eigenvalue weighted by Gasteiger charge is 2.22. The number of likely N-dealkylation sites (N-methyl/N-ethyl adjacent to an activating group) is 1. The maximum absolute atomic E-state index is 12.5. The minimum Gasteiger partial charge on any atom is -0.340 e. The van der Waals surface area contributed by atoms with Crippen LogP contribution in [-0.2, 0) is 16.1 Å². The molecule has 0 radical (unpaired) electrons. The Morgan fingerprint density at radius 2 is 1.66 bits per heavy atom. The van der Waals surface area contributed by atoms with Crippen molar-refractivity contribution >= 4 is 28.8 Å². The Kier molecular flexibility index (Phi) is 7.41. The van der Waals surface area contributed by atoms with E-state index in [-0.39, 0.29) is 11.8 Å². The molecule has 156 valence electrons. The summed E-state index contributed by atoms with van der Waals surface area (Å²) in [5.74, 6) is 0.153. The van der Waals surface area contributed by atoms with E-state index in [2.05, 4.69) is 26.6 Å². The number of piperazine rings is 1. The maximum Gasteiger partial charge on any atom is 0.238 e. The lowest BCUT2D eigenvalue weighted by Crippen LogP contribution is -2.51. The predicted octanol–water partition coefficient (Wildman–Crippen LogP) is 2.58. The number of nitrogens with one attached hydrogen (secondary N) is 1. The van der Waals surface area contributed by atoms with Crippen molar-refractivity contribution in [2.24, 2.45) is 0 Å². The van der Waals surface area contributed by atoms with Gasteiger partial charge in [-0.3, -0.25) is 19.4 Å². The molecule has 0 aliphatic carbocycles. The van der Waals surface area contributed by atoms with Crippen LogP contribution in [0, 0.1) is 13.8 Å². The van der Waals surface area contributed by atoms with E-state index in [9.17, 15) is 9.59 Å². The zero-order valence-corrected chi connectivity index (χ0v) is 18.3. The molecule has 2 amide bonds. The lowest BCUT2D eigenvalue weighted by atomic mass is 10.1. The first-order chi connectivity index (χ1) is 13.9. The Balaban J connectivity index is 1.41. The Labute approximate surface area is 177 Å². The van der Waals surface area contributed by atoms with Crippen LogP contribution in [0.2, 0.25) is 0 Å². The van der Waals surface area contributed by atoms with Crippen molar-refractivity contribution < 1.29 is 9.59 Å². The van der Waals surface area contributed by atoms with Crippen LogP contribution in [0.4, 0.5) is 5.69 Å². The molecule has 2 aromatic rings. The molecule has 2 heterocycles. The number of carbonyl (C=O) groups excluding carboxylic acids is 2. The van der Waals surface area contributed by atoms with Gasteiger partial charge in [0, 0.05) is 45.5 Å². The van der Waals surface area contributed by atoms with Gasteiger partial charge in [0.05, 0.1) is 13.1 Å². The maximum atomic E-state index is 12.5. The molecule has 0 atom stereocenters. The van der Waals surface area contributed by atoms with Crippen molar-refractivity contribution in [1.82, 2.24) is 14.7 Å². The largest absolute Gasteiger partial charge is 0.340 e. The third kappa shape index (κ3) is 6.13. The van der Waals surface area contributed by atoms with Gasteiger partial charge in [-0.15, -0.1) is 0 Å². The Morgan fingerprint density at radius 1 is 1.03 bits per heavy atom. The van der Waals surface area contributed by atoms with Gasteiger partial charge in [-0.1, -0.05) is 18.2 Å². The third-order valence-corrected chi connectivity index (χ3v) is 6.09. The number of carbonyl (C=O) groups is 2. The van der Waals surface area contributed by atoms with Gasteiger partial charge in [-0.2, -0.15) is 11.3 Å². The second-order valence-corrected chi connectivity index (χ2v) is 8.53. The quantitative estimate of drug-likeness (QED) is 0.757. The van der Waals surface area contributed by atoms with Crippen LogP contribution in [0.15, 0.2) is 35.0 Å². The predicted molar refractivity (Wildman–Crippen MR) is 118 cm³/mol. The summed E-state index contributed by atoms with van der Waals surface area (Å²) in [6.07, 6.45) is 0. The summed E-state index contributed by atoms with van der Waals surface area (Å²) >= 11 is 1.65. The van der Waals surface area contributed by atoms with E-state index >= 15 is 0 Å². The van der Waals surface area contributed by atoms with Gasteiger partial charge in [0.15, 0.2) is 0 Å². The number of anilines is 1. The van der Waals surface area contributed by atoms with Crippen LogP contribution in [0.25, 0.3) is 0 Å². The second kappa shape index (κ2) is 10.0. The molecule has 1 aromatic heterocycles. The Hall–Kier alpha value is -2.22. The fourth-order valence-corrected chi connectivity index (χ4v) is 4.22. The summed E-state index contributed by atoms with van der Waals surface area (Å²) in [6.45, 7) is 8.67. The minimum atomic E-state index is 0.0161. The SMILES string of the molecule is Cc1cccc(C)c1NC(=O)CN1CCN(CC(=O)N(C)Cc2ccsc2)CC1. The van der Waals surface area contributed by atoms with E-state index in [4.69, 9.17) is 0 Å². The van der Waals surface area contributed by atoms with Gasteiger partial charge in [0.25, 0.3) is 0 Å². The zero-order chi connectivity index (χ0) is 20.8. The van der Waals surface area contributed by atoms with Gasteiger partial charge >= 0.3 is 0 Å². The van der Waals surface area contributed by atoms with E-state index in [1.165, 1.54) is 5.56 Å². The summed E-state index contributed by atoms with van der Waals surface area (Å²) in [5, 5.41) is 7.16. The van der Waals surface area contributed by atoms with Gasteiger partial charge < -0.3 is 10.2 Å². The number of benzene rings is 1. The number of hydrogen-bond acceptors (Lipinski definition) is 5. The minimum absolute atomic E-state index is 0.0161. The van der Waals surface area contributed by atoms with E-state index < -0.39 is 0 Å². The average molecular weight is 415 g/mol. The molecule has 0 spiro atoms. The Bertz CT molecular complexity index is 809. The van der Waals surface area contributed by atoms with Crippen molar-refractivity contribution in [3.63, 3.8) is 0 Å². The van der Waals surface area contributed by atoms with Gasteiger partial charge in [0.2, 0.25) is 11.8 Å². The first-order valence-corrected chi connectivity index (χ1v) is 10.9. The monoisotopic (exact) mass is 414 g/mol. The normalized spacial score (nSPS) is 15.3. The van der Waals surface area contributed by atoms with Crippen molar-refractivity contribution in [2.75, 3.05) is 51.6 Å². The van der Waals surface area contributed by atoms with Crippen molar-refractivity contribution in [3.8, 4) is 0 Å². The lowest BCUT2D eigenvalue weighted by molar-refractivity contribution is -0.132. The molecule has 1 fully saturated rings. The fraction of sp³-hybridized carbons (Fsp3) is 0.455. The molecule has 3 rings (SSSR count). The van der Waals surface area contributed by atoms with Crippen LogP contribution in [0.3, 0.4) is 0 Å². The van der Waals surface area contributed by atoms with Gasteiger partial charge in [0.1, 0.15) is 0 Å². The molecule has 1 N–H and O–H groups in total. The molecule has 29 heavy (non-hydrogen) atoms. The summed E-state index contributed by atoms with van der Waals surface area (Å²) in [7, 11) is 1.86.